The van der Waals surface area contributed by atoms with E-state index in [9.17, 15) is 9.59 Å². The Kier molecular flexibility index (Phi) is 5.93. The van der Waals surface area contributed by atoms with Crippen LogP contribution in [-0.2, 0) is 22.6 Å². The second-order valence-corrected chi connectivity index (χ2v) is 7.12. The van der Waals surface area contributed by atoms with E-state index in [1.54, 1.807) is 18.2 Å². The fourth-order valence-electron chi connectivity index (χ4n) is 3.18. The molecule has 0 aliphatic heterocycles. The Morgan fingerprint density at radius 3 is 2.58 bits per heavy atom. The number of nitrogens with zero attached hydrogens (tertiary/aromatic N) is 2. The molecule has 0 saturated carbocycles. The van der Waals surface area contributed by atoms with Crippen molar-refractivity contribution < 1.29 is 14.3 Å². The van der Waals surface area contributed by atoms with Crippen molar-refractivity contribution in [1.29, 1.82) is 0 Å². The summed E-state index contributed by atoms with van der Waals surface area (Å²) in [6.07, 6.45) is 4.10. The van der Waals surface area contributed by atoms with Crippen LogP contribution < -0.4 is 15.4 Å². The summed E-state index contributed by atoms with van der Waals surface area (Å²) in [4.78, 5) is 28.0. The molecule has 0 saturated heterocycles. The van der Waals surface area contributed by atoms with Crippen molar-refractivity contribution in [3.8, 4) is 5.75 Å². The number of nitrogens with one attached hydrogen (secondary N) is 2. The summed E-state index contributed by atoms with van der Waals surface area (Å²) in [6.45, 7) is 1.79. The molecular weight excluding hydrogens is 392 g/mol. The highest BCUT2D eigenvalue weighted by molar-refractivity contribution is 5.92. The third-order valence-electron chi connectivity index (χ3n) is 4.56. The van der Waals surface area contributed by atoms with E-state index < -0.39 is 0 Å². The van der Waals surface area contributed by atoms with Crippen molar-refractivity contribution in [2.24, 2.45) is 0 Å². The van der Waals surface area contributed by atoms with Crippen molar-refractivity contribution in [2.45, 2.75) is 20.0 Å². The molecule has 0 aliphatic rings. The molecule has 0 unspecified atom stereocenters. The summed E-state index contributed by atoms with van der Waals surface area (Å²) < 4.78 is 7.79. The van der Waals surface area contributed by atoms with Gasteiger partial charge >= 0.3 is 0 Å². The number of rotatable bonds is 7. The number of aromatic nitrogens is 2. The van der Waals surface area contributed by atoms with Gasteiger partial charge < -0.3 is 19.8 Å². The number of imidazole rings is 1. The number of amides is 2. The third-order valence-corrected chi connectivity index (χ3v) is 4.56. The Hall–Kier alpha value is -4.13. The van der Waals surface area contributed by atoms with E-state index in [1.165, 1.54) is 6.92 Å². The number of hydrogen-bond donors (Lipinski definition) is 2. The van der Waals surface area contributed by atoms with E-state index in [4.69, 9.17) is 4.74 Å². The largest absolute Gasteiger partial charge is 0.487 e. The maximum Gasteiger partial charge on any atom is 0.228 e. The van der Waals surface area contributed by atoms with Gasteiger partial charge in [-0.05, 0) is 42.0 Å². The van der Waals surface area contributed by atoms with E-state index in [0.717, 1.165) is 16.9 Å². The highest BCUT2D eigenvalue weighted by atomic mass is 16.5. The Labute approximate surface area is 179 Å². The zero-order chi connectivity index (χ0) is 21.6. The van der Waals surface area contributed by atoms with Crippen LogP contribution in [0, 0.1) is 0 Å². The van der Waals surface area contributed by atoms with Gasteiger partial charge in [0.05, 0.1) is 12.1 Å². The summed E-state index contributed by atoms with van der Waals surface area (Å²) in [6, 6.07) is 20.3. The van der Waals surface area contributed by atoms with Crippen molar-refractivity contribution >= 4 is 28.8 Å². The molecule has 0 aliphatic carbocycles. The van der Waals surface area contributed by atoms with Crippen LogP contribution in [0.1, 0.15) is 18.2 Å². The Morgan fingerprint density at radius 2 is 1.81 bits per heavy atom. The number of pyridine rings is 1. The highest BCUT2D eigenvalue weighted by Crippen LogP contribution is 2.19. The first-order valence-electron chi connectivity index (χ1n) is 9.87. The molecule has 2 aromatic carbocycles. The van der Waals surface area contributed by atoms with Gasteiger partial charge in [0.25, 0.3) is 0 Å². The predicted molar refractivity (Wildman–Crippen MR) is 119 cm³/mol. The molecule has 0 atom stereocenters. The van der Waals surface area contributed by atoms with Crippen LogP contribution in [0.5, 0.6) is 5.75 Å². The lowest BCUT2D eigenvalue weighted by Crippen LogP contribution is -2.14. The second kappa shape index (κ2) is 9.13. The van der Waals surface area contributed by atoms with Gasteiger partial charge in [0.2, 0.25) is 11.8 Å². The minimum atomic E-state index is -0.134. The fourth-order valence-corrected chi connectivity index (χ4v) is 3.18. The van der Waals surface area contributed by atoms with Crippen LogP contribution in [0.15, 0.2) is 79.1 Å². The van der Waals surface area contributed by atoms with Crippen LogP contribution in [0.3, 0.4) is 0 Å². The average molecular weight is 414 g/mol. The van der Waals surface area contributed by atoms with E-state index in [2.05, 4.69) is 15.6 Å². The molecule has 2 heterocycles. The van der Waals surface area contributed by atoms with Gasteiger partial charge in [-0.25, -0.2) is 4.98 Å². The molecule has 156 valence electrons. The lowest BCUT2D eigenvalue weighted by molar-refractivity contribution is -0.116. The summed E-state index contributed by atoms with van der Waals surface area (Å²) in [5.41, 5.74) is 3.90. The zero-order valence-corrected chi connectivity index (χ0v) is 17.0. The Morgan fingerprint density at radius 1 is 0.968 bits per heavy atom. The number of carbonyl (C=O) groups excluding carboxylic acids is 2. The first-order chi connectivity index (χ1) is 15.0. The molecule has 0 radical (unpaired) electrons. The molecule has 4 rings (SSSR count). The molecule has 7 heteroatoms. The van der Waals surface area contributed by atoms with Crippen LogP contribution >= 0.6 is 0 Å². The van der Waals surface area contributed by atoms with Gasteiger partial charge in [-0.15, -0.1) is 0 Å². The molecule has 31 heavy (non-hydrogen) atoms. The Bertz CT molecular complexity index is 1180. The maximum atomic E-state index is 12.4. The van der Waals surface area contributed by atoms with Gasteiger partial charge in [0.1, 0.15) is 18.0 Å². The third kappa shape index (κ3) is 5.48. The molecule has 2 aromatic heterocycles. The molecule has 0 spiro atoms. The van der Waals surface area contributed by atoms with Gasteiger partial charge in [0.15, 0.2) is 0 Å². The van der Waals surface area contributed by atoms with E-state index in [-0.39, 0.29) is 18.2 Å². The van der Waals surface area contributed by atoms with Crippen molar-refractivity contribution in [1.82, 2.24) is 9.38 Å². The van der Waals surface area contributed by atoms with Gasteiger partial charge in [-0.2, -0.15) is 0 Å². The smallest absolute Gasteiger partial charge is 0.228 e. The van der Waals surface area contributed by atoms with Gasteiger partial charge in [-0.1, -0.05) is 24.3 Å². The standard InChI is InChI=1S/C24H22N4O3/c1-17(29)25-19-10-8-18(9-11-19)13-24(30)27-20-5-4-6-22(14-20)31-16-21-15-28-12-3-2-7-23(28)26-21/h2-12,14-15H,13,16H2,1H3,(H,25,29)(H,27,30). The minimum Gasteiger partial charge on any atom is -0.487 e. The normalized spacial score (nSPS) is 10.6. The fraction of sp³-hybridized carbons (Fsp3) is 0.125. The van der Waals surface area contributed by atoms with Gasteiger partial charge in [0, 0.05) is 36.8 Å². The molecule has 0 fully saturated rings. The average Bonchev–Trinajstić information content (AvgIpc) is 3.17. The molecule has 4 aromatic rings. The second-order valence-electron chi connectivity index (χ2n) is 7.12. The van der Waals surface area contributed by atoms with E-state index in [0.29, 0.717) is 23.7 Å². The van der Waals surface area contributed by atoms with E-state index in [1.807, 2.05) is 65.3 Å². The van der Waals surface area contributed by atoms with Crippen LogP contribution in [0.4, 0.5) is 11.4 Å². The topological polar surface area (TPSA) is 84.7 Å². The summed E-state index contributed by atoms with van der Waals surface area (Å²) in [5, 5.41) is 5.59. The lowest BCUT2D eigenvalue weighted by atomic mass is 10.1. The SMILES string of the molecule is CC(=O)Nc1ccc(CC(=O)Nc2cccc(OCc3cn4ccccc4n3)c2)cc1. The van der Waals surface area contributed by atoms with Crippen molar-refractivity contribution in [3.63, 3.8) is 0 Å². The zero-order valence-electron chi connectivity index (χ0n) is 17.0. The summed E-state index contributed by atoms with van der Waals surface area (Å²) in [7, 11) is 0. The maximum absolute atomic E-state index is 12.4. The number of hydrogen-bond acceptors (Lipinski definition) is 4. The number of benzene rings is 2. The van der Waals surface area contributed by atoms with Crippen LogP contribution in [0.2, 0.25) is 0 Å². The van der Waals surface area contributed by atoms with Crippen LogP contribution in [-0.4, -0.2) is 21.2 Å². The minimum absolute atomic E-state index is 0.131. The quantitative estimate of drug-likeness (QED) is 0.478. The summed E-state index contributed by atoms with van der Waals surface area (Å²) in [5.74, 6) is 0.382. The van der Waals surface area contributed by atoms with E-state index >= 15 is 0 Å². The van der Waals surface area contributed by atoms with Crippen molar-refractivity contribution in [2.75, 3.05) is 10.6 Å². The number of ether oxygens (including phenoxy) is 1. The number of anilines is 2. The lowest BCUT2D eigenvalue weighted by Gasteiger charge is -2.09. The molecule has 0 bridgehead atoms. The summed E-state index contributed by atoms with van der Waals surface area (Å²) >= 11 is 0. The Balaban J connectivity index is 1.33. The monoisotopic (exact) mass is 414 g/mol. The molecular formula is C24H22N4O3. The van der Waals surface area contributed by atoms with Crippen molar-refractivity contribution in [3.05, 3.63) is 90.4 Å². The molecule has 2 amide bonds. The molecule has 2 N–H and O–H groups in total. The first-order valence-corrected chi connectivity index (χ1v) is 9.87. The molecule has 7 nitrogen and oxygen atoms in total. The highest BCUT2D eigenvalue weighted by Gasteiger charge is 2.07. The number of carbonyl (C=O) groups is 2. The predicted octanol–water partition coefficient (Wildman–Crippen LogP) is 4.05. The van der Waals surface area contributed by atoms with Crippen LogP contribution in [0.25, 0.3) is 5.65 Å². The van der Waals surface area contributed by atoms with Gasteiger partial charge in [-0.3, -0.25) is 9.59 Å². The number of fused-ring (bicyclic) bond motifs is 1. The first kappa shape index (κ1) is 20.2.